The van der Waals surface area contributed by atoms with Crippen molar-refractivity contribution in [3.05, 3.63) is 54.1 Å². The number of carbonyl (C=O) groups excluding carboxylic acids is 2. The maximum Gasteiger partial charge on any atom is 0.213 e. The Kier molecular flexibility index (Phi) is 2.31. The minimum Gasteiger partial charge on any atom is -0.474 e. The number of fused-ring (bicyclic) bond motifs is 1. The van der Waals surface area contributed by atoms with Crippen molar-refractivity contribution in [2.75, 3.05) is 6.61 Å². The molecule has 0 radical (unpaired) electrons. The molecule has 2 aliphatic heterocycles. The lowest BCUT2D eigenvalue weighted by atomic mass is 9.54. The van der Waals surface area contributed by atoms with Crippen molar-refractivity contribution in [3.63, 3.8) is 0 Å². The fourth-order valence-corrected chi connectivity index (χ4v) is 4.84. The van der Waals surface area contributed by atoms with Crippen molar-refractivity contribution in [1.82, 2.24) is 0 Å². The highest BCUT2D eigenvalue weighted by Crippen LogP contribution is 2.59. The second kappa shape index (κ2) is 4.01. The van der Waals surface area contributed by atoms with Crippen LogP contribution in [0.3, 0.4) is 0 Å². The normalized spacial score (nSPS) is 39.4. The topological polar surface area (TPSA) is 52.6 Å². The molecular formula is C19H16O4. The molecule has 3 aliphatic carbocycles. The lowest BCUT2D eigenvalue weighted by Crippen LogP contribution is -2.68. The van der Waals surface area contributed by atoms with Gasteiger partial charge in [-0.2, -0.15) is 0 Å². The molecule has 1 aromatic carbocycles. The maximum absolute atomic E-state index is 13.4. The quantitative estimate of drug-likeness (QED) is 0.788. The number of benzene rings is 1. The van der Waals surface area contributed by atoms with Gasteiger partial charge in [0.25, 0.3) is 0 Å². The summed E-state index contributed by atoms with van der Waals surface area (Å²) >= 11 is 0. The van der Waals surface area contributed by atoms with Crippen molar-refractivity contribution in [2.45, 2.75) is 24.0 Å². The monoisotopic (exact) mass is 308 g/mol. The van der Waals surface area contributed by atoms with Gasteiger partial charge in [0, 0.05) is 24.3 Å². The number of hydrogen-bond donors (Lipinski definition) is 0. The minimum absolute atomic E-state index is 0.0531. The second-order valence-corrected chi connectivity index (χ2v) is 6.85. The standard InChI is InChI=1S/C19H16O4/c1-2-7-18-13-8-14-16(20)12-5-3-4-6-15(12)23-19(14,17(18)21)9-11(13)10-22-18/h2-6,8,11,13H,1,7,9-10H2/t11?,13-,18-,19-/m0/s1. The third-order valence-electron chi connectivity index (χ3n) is 5.79. The maximum atomic E-state index is 13.4. The van der Waals surface area contributed by atoms with Crippen LogP contribution in [0.25, 0.3) is 0 Å². The number of hydrogen-bond acceptors (Lipinski definition) is 4. The molecule has 1 spiro atoms. The van der Waals surface area contributed by atoms with Crippen LogP contribution in [-0.4, -0.2) is 29.4 Å². The molecule has 4 atom stereocenters. The van der Waals surface area contributed by atoms with Crippen LogP contribution in [0.4, 0.5) is 0 Å². The highest BCUT2D eigenvalue weighted by molar-refractivity contribution is 6.20. The van der Waals surface area contributed by atoms with Gasteiger partial charge in [-0.25, -0.2) is 0 Å². The van der Waals surface area contributed by atoms with Crippen molar-refractivity contribution in [1.29, 1.82) is 0 Å². The van der Waals surface area contributed by atoms with Crippen LogP contribution in [0.5, 0.6) is 5.75 Å². The molecule has 0 N–H and O–H groups in total. The number of ketones is 2. The molecule has 0 amide bonds. The number of para-hydroxylation sites is 1. The predicted molar refractivity (Wildman–Crippen MR) is 82.3 cm³/mol. The Bertz CT molecular complexity index is 807. The summed E-state index contributed by atoms with van der Waals surface area (Å²) in [5, 5.41) is 0. The third-order valence-corrected chi connectivity index (χ3v) is 5.79. The van der Waals surface area contributed by atoms with Gasteiger partial charge in [0.05, 0.1) is 12.2 Å². The molecule has 1 saturated heterocycles. The Hall–Kier alpha value is -2.20. The first-order valence-corrected chi connectivity index (χ1v) is 7.97. The van der Waals surface area contributed by atoms with Gasteiger partial charge in [0.15, 0.2) is 11.4 Å². The number of rotatable bonds is 2. The van der Waals surface area contributed by atoms with Crippen LogP contribution in [0.15, 0.2) is 48.6 Å². The van der Waals surface area contributed by atoms with E-state index in [-0.39, 0.29) is 23.4 Å². The van der Waals surface area contributed by atoms with Crippen LogP contribution in [0.2, 0.25) is 0 Å². The van der Waals surface area contributed by atoms with Gasteiger partial charge in [-0.1, -0.05) is 24.3 Å². The summed E-state index contributed by atoms with van der Waals surface area (Å²) in [7, 11) is 0. The van der Waals surface area contributed by atoms with Gasteiger partial charge in [-0.05, 0) is 18.1 Å². The predicted octanol–water partition coefficient (Wildman–Crippen LogP) is 2.49. The van der Waals surface area contributed by atoms with E-state index in [2.05, 4.69) is 6.58 Å². The second-order valence-electron chi connectivity index (χ2n) is 6.85. The van der Waals surface area contributed by atoms with E-state index in [0.29, 0.717) is 36.3 Å². The lowest BCUT2D eigenvalue weighted by molar-refractivity contribution is -0.160. The summed E-state index contributed by atoms with van der Waals surface area (Å²) in [6, 6.07) is 7.15. The average molecular weight is 308 g/mol. The number of carbonyl (C=O) groups is 2. The van der Waals surface area contributed by atoms with Crippen LogP contribution >= 0.6 is 0 Å². The van der Waals surface area contributed by atoms with Gasteiger partial charge >= 0.3 is 0 Å². The molecular weight excluding hydrogens is 292 g/mol. The van der Waals surface area contributed by atoms with E-state index in [1.165, 1.54) is 0 Å². The first kappa shape index (κ1) is 13.3. The highest BCUT2D eigenvalue weighted by atomic mass is 16.5. The van der Waals surface area contributed by atoms with Crippen LogP contribution in [0.1, 0.15) is 23.2 Å². The van der Waals surface area contributed by atoms with E-state index in [1.807, 2.05) is 18.2 Å². The van der Waals surface area contributed by atoms with Gasteiger partial charge in [0.1, 0.15) is 11.4 Å². The van der Waals surface area contributed by atoms with Crippen molar-refractivity contribution >= 4 is 11.6 Å². The molecule has 4 nitrogen and oxygen atoms in total. The van der Waals surface area contributed by atoms with Gasteiger partial charge < -0.3 is 9.47 Å². The molecule has 23 heavy (non-hydrogen) atoms. The van der Waals surface area contributed by atoms with E-state index >= 15 is 0 Å². The smallest absolute Gasteiger partial charge is 0.213 e. The zero-order chi connectivity index (χ0) is 15.8. The lowest BCUT2D eigenvalue weighted by Gasteiger charge is -2.52. The Balaban J connectivity index is 1.76. The van der Waals surface area contributed by atoms with Crippen molar-refractivity contribution in [3.8, 4) is 5.75 Å². The molecule has 116 valence electrons. The van der Waals surface area contributed by atoms with E-state index in [0.717, 1.165) is 0 Å². The first-order chi connectivity index (χ1) is 11.1. The number of Topliss-reactive ketones (excluding diaryl/α,β-unsaturated/α-hetero) is 2. The largest absolute Gasteiger partial charge is 0.474 e. The summed E-state index contributed by atoms with van der Waals surface area (Å²) < 4.78 is 12.2. The zero-order valence-electron chi connectivity index (χ0n) is 12.6. The fraction of sp³-hybridized carbons (Fsp3) is 0.368. The molecule has 2 heterocycles. The van der Waals surface area contributed by atoms with Gasteiger partial charge in [-0.15, -0.1) is 6.58 Å². The zero-order valence-corrected chi connectivity index (χ0v) is 12.6. The number of ether oxygens (including phenoxy) is 2. The third kappa shape index (κ3) is 1.33. The van der Waals surface area contributed by atoms with E-state index in [4.69, 9.17) is 9.47 Å². The van der Waals surface area contributed by atoms with E-state index < -0.39 is 11.2 Å². The highest BCUT2D eigenvalue weighted by Gasteiger charge is 2.72. The summed E-state index contributed by atoms with van der Waals surface area (Å²) in [5.74, 6) is 0.468. The first-order valence-electron chi connectivity index (χ1n) is 7.97. The summed E-state index contributed by atoms with van der Waals surface area (Å²) in [6.07, 6.45) is 4.66. The Morgan fingerprint density at radius 3 is 2.96 bits per heavy atom. The molecule has 5 aliphatic rings. The van der Waals surface area contributed by atoms with Crippen molar-refractivity contribution in [2.24, 2.45) is 11.8 Å². The summed E-state index contributed by atoms with van der Waals surface area (Å²) in [4.78, 5) is 26.3. The average Bonchev–Trinajstić information content (AvgIpc) is 2.87. The summed E-state index contributed by atoms with van der Waals surface area (Å²) in [5.41, 5.74) is -1.03. The molecule has 6 rings (SSSR count). The molecule has 4 heteroatoms. The molecule has 1 aromatic rings. The molecule has 0 aromatic heterocycles. The Morgan fingerprint density at radius 2 is 2.13 bits per heavy atom. The Labute approximate surface area is 133 Å². The van der Waals surface area contributed by atoms with Crippen LogP contribution in [-0.2, 0) is 9.53 Å². The van der Waals surface area contributed by atoms with Gasteiger partial charge in [-0.3, -0.25) is 9.59 Å². The molecule has 4 bridgehead atoms. The van der Waals surface area contributed by atoms with E-state index in [1.54, 1.807) is 18.2 Å². The van der Waals surface area contributed by atoms with E-state index in [9.17, 15) is 9.59 Å². The Morgan fingerprint density at radius 1 is 1.30 bits per heavy atom. The molecule has 1 unspecified atom stereocenters. The minimum atomic E-state index is -1.18. The van der Waals surface area contributed by atoms with Crippen LogP contribution in [0, 0.1) is 11.8 Å². The fourth-order valence-electron chi connectivity index (χ4n) is 4.84. The molecule has 1 saturated carbocycles. The SMILES string of the molecule is C=CC[C@]12OCC3C[C@@]4(Oc5ccccc5C(=O)C4=C[C@@H]31)C2=O. The molecule has 2 fully saturated rings. The summed E-state index contributed by atoms with van der Waals surface area (Å²) in [6.45, 7) is 4.31. The van der Waals surface area contributed by atoms with Gasteiger partial charge in [0.2, 0.25) is 5.78 Å². The van der Waals surface area contributed by atoms with Crippen molar-refractivity contribution < 1.29 is 19.1 Å². The van der Waals surface area contributed by atoms with Crippen LogP contribution < -0.4 is 4.74 Å².